The van der Waals surface area contributed by atoms with Crippen LogP contribution in [0.4, 0.5) is 5.69 Å². The predicted molar refractivity (Wildman–Crippen MR) is 82.7 cm³/mol. The SMILES string of the molecule is COc1ccc2cc(N3CC4CCC(C3)N4)ccc2c1. The van der Waals surface area contributed by atoms with Gasteiger partial charge < -0.3 is 15.0 Å². The first-order chi connectivity index (χ1) is 9.81. The van der Waals surface area contributed by atoms with Crippen LogP contribution in [0.15, 0.2) is 36.4 Å². The summed E-state index contributed by atoms with van der Waals surface area (Å²) >= 11 is 0. The molecule has 2 aliphatic rings. The first-order valence-corrected chi connectivity index (χ1v) is 7.40. The van der Waals surface area contributed by atoms with Gasteiger partial charge in [-0.05, 0) is 47.9 Å². The van der Waals surface area contributed by atoms with Crippen molar-refractivity contribution < 1.29 is 4.74 Å². The minimum absolute atomic E-state index is 0.681. The molecule has 0 radical (unpaired) electrons. The van der Waals surface area contributed by atoms with Crippen molar-refractivity contribution in [2.45, 2.75) is 24.9 Å². The molecule has 3 nitrogen and oxygen atoms in total. The largest absolute Gasteiger partial charge is 0.497 e. The van der Waals surface area contributed by atoms with Crippen LogP contribution in [-0.4, -0.2) is 32.3 Å². The number of rotatable bonds is 2. The molecule has 2 bridgehead atoms. The fourth-order valence-corrected chi connectivity index (χ4v) is 3.54. The lowest BCUT2D eigenvalue weighted by Gasteiger charge is -2.34. The summed E-state index contributed by atoms with van der Waals surface area (Å²) < 4.78 is 5.29. The minimum Gasteiger partial charge on any atom is -0.497 e. The lowest BCUT2D eigenvalue weighted by atomic mass is 10.1. The topological polar surface area (TPSA) is 24.5 Å². The minimum atomic E-state index is 0.681. The molecule has 2 aromatic carbocycles. The van der Waals surface area contributed by atoms with E-state index in [1.807, 2.05) is 6.07 Å². The van der Waals surface area contributed by atoms with E-state index in [0.29, 0.717) is 12.1 Å². The van der Waals surface area contributed by atoms with E-state index in [-0.39, 0.29) is 0 Å². The normalized spacial score (nSPS) is 25.1. The molecule has 20 heavy (non-hydrogen) atoms. The van der Waals surface area contributed by atoms with E-state index in [2.05, 4.69) is 40.5 Å². The van der Waals surface area contributed by atoms with Crippen LogP contribution < -0.4 is 15.0 Å². The number of nitrogens with zero attached hydrogens (tertiary/aromatic N) is 1. The summed E-state index contributed by atoms with van der Waals surface area (Å²) in [7, 11) is 1.71. The van der Waals surface area contributed by atoms with Crippen molar-refractivity contribution in [3.63, 3.8) is 0 Å². The van der Waals surface area contributed by atoms with Crippen molar-refractivity contribution in [1.82, 2.24) is 5.32 Å². The van der Waals surface area contributed by atoms with E-state index in [4.69, 9.17) is 4.74 Å². The summed E-state index contributed by atoms with van der Waals surface area (Å²) in [6, 6.07) is 14.4. The Balaban J connectivity index is 1.67. The van der Waals surface area contributed by atoms with E-state index in [0.717, 1.165) is 18.8 Å². The van der Waals surface area contributed by atoms with E-state index < -0.39 is 0 Å². The molecule has 0 saturated carbocycles. The quantitative estimate of drug-likeness (QED) is 0.906. The Labute approximate surface area is 119 Å². The number of methoxy groups -OCH3 is 1. The van der Waals surface area contributed by atoms with Gasteiger partial charge in [0.15, 0.2) is 0 Å². The zero-order valence-corrected chi connectivity index (χ0v) is 11.8. The molecule has 2 aromatic rings. The van der Waals surface area contributed by atoms with Crippen molar-refractivity contribution in [3.05, 3.63) is 36.4 Å². The Bertz CT molecular complexity index is 628. The van der Waals surface area contributed by atoms with Crippen LogP contribution >= 0.6 is 0 Å². The summed E-state index contributed by atoms with van der Waals surface area (Å²) in [4.78, 5) is 2.53. The van der Waals surface area contributed by atoms with Gasteiger partial charge in [0.2, 0.25) is 0 Å². The number of nitrogens with one attached hydrogen (secondary N) is 1. The Kier molecular flexibility index (Phi) is 2.81. The molecule has 2 fully saturated rings. The molecular formula is C17H20N2O. The van der Waals surface area contributed by atoms with Crippen molar-refractivity contribution in [1.29, 1.82) is 0 Å². The number of ether oxygens (including phenoxy) is 1. The molecule has 2 saturated heterocycles. The van der Waals surface area contributed by atoms with Gasteiger partial charge in [-0.2, -0.15) is 0 Å². The molecule has 0 amide bonds. The highest BCUT2D eigenvalue weighted by atomic mass is 16.5. The molecule has 1 N–H and O–H groups in total. The highest BCUT2D eigenvalue weighted by Crippen LogP contribution is 2.29. The van der Waals surface area contributed by atoms with Crippen molar-refractivity contribution in [2.75, 3.05) is 25.1 Å². The number of hydrogen-bond acceptors (Lipinski definition) is 3. The van der Waals surface area contributed by atoms with Gasteiger partial charge in [-0.1, -0.05) is 12.1 Å². The number of benzene rings is 2. The average Bonchev–Trinajstić information content (AvgIpc) is 2.84. The Morgan fingerprint density at radius 1 is 1.00 bits per heavy atom. The maximum atomic E-state index is 5.29. The molecule has 2 aliphatic heterocycles. The molecule has 0 aliphatic carbocycles. The summed E-state index contributed by atoms with van der Waals surface area (Å²) in [6.45, 7) is 2.27. The van der Waals surface area contributed by atoms with Crippen LogP contribution in [0.2, 0.25) is 0 Å². The third kappa shape index (κ3) is 2.02. The molecule has 2 atom stereocenters. The number of anilines is 1. The second-order valence-electron chi connectivity index (χ2n) is 5.94. The van der Waals surface area contributed by atoms with Crippen LogP contribution in [0.5, 0.6) is 5.75 Å². The standard InChI is InChI=1S/C17H20N2O/c1-20-17-7-3-12-8-16(6-2-13(12)9-17)19-10-14-4-5-15(11-19)18-14/h2-3,6-9,14-15,18H,4-5,10-11H2,1H3. The Morgan fingerprint density at radius 3 is 2.45 bits per heavy atom. The third-order valence-corrected chi connectivity index (χ3v) is 4.61. The number of piperazine rings is 1. The molecule has 104 valence electrons. The maximum Gasteiger partial charge on any atom is 0.119 e. The second-order valence-corrected chi connectivity index (χ2v) is 5.94. The van der Waals surface area contributed by atoms with Gasteiger partial charge in [-0.25, -0.2) is 0 Å². The van der Waals surface area contributed by atoms with Gasteiger partial charge >= 0.3 is 0 Å². The van der Waals surface area contributed by atoms with Crippen molar-refractivity contribution in [2.24, 2.45) is 0 Å². The fraction of sp³-hybridized carbons (Fsp3) is 0.412. The predicted octanol–water partition coefficient (Wildman–Crippen LogP) is 2.79. The van der Waals surface area contributed by atoms with Crippen LogP contribution in [0.1, 0.15) is 12.8 Å². The molecule has 0 spiro atoms. The van der Waals surface area contributed by atoms with Crippen LogP contribution in [-0.2, 0) is 0 Å². The Morgan fingerprint density at radius 2 is 1.70 bits per heavy atom. The van der Waals surface area contributed by atoms with Gasteiger partial charge in [-0.15, -0.1) is 0 Å². The first-order valence-electron chi connectivity index (χ1n) is 7.40. The number of hydrogen-bond donors (Lipinski definition) is 1. The monoisotopic (exact) mass is 268 g/mol. The van der Waals surface area contributed by atoms with Gasteiger partial charge in [-0.3, -0.25) is 0 Å². The lowest BCUT2D eigenvalue weighted by Crippen LogP contribution is -2.51. The number of fused-ring (bicyclic) bond motifs is 3. The van der Waals surface area contributed by atoms with E-state index in [9.17, 15) is 0 Å². The van der Waals surface area contributed by atoms with Gasteiger partial charge in [0.1, 0.15) is 5.75 Å². The molecule has 2 heterocycles. The van der Waals surface area contributed by atoms with Crippen LogP contribution in [0, 0.1) is 0 Å². The van der Waals surface area contributed by atoms with Crippen molar-refractivity contribution in [3.8, 4) is 5.75 Å². The van der Waals surface area contributed by atoms with Gasteiger partial charge in [0.05, 0.1) is 7.11 Å². The van der Waals surface area contributed by atoms with Crippen LogP contribution in [0.3, 0.4) is 0 Å². The second kappa shape index (κ2) is 4.67. The van der Waals surface area contributed by atoms with E-state index in [1.165, 1.54) is 29.3 Å². The summed E-state index contributed by atoms with van der Waals surface area (Å²) in [6.07, 6.45) is 2.65. The summed E-state index contributed by atoms with van der Waals surface area (Å²) in [5, 5.41) is 6.21. The Hall–Kier alpha value is -1.74. The van der Waals surface area contributed by atoms with E-state index in [1.54, 1.807) is 7.11 Å². The average molecular weight is 268 g/mol. The summed E-state index contributed by atoms with van der Waals surface area (Å²) in [5.41, 5.74) is 1.35. The van der Waals surface area contributed by atoms with E-state index >= 15 is 0 Å². The molecule has 0 aromatic heterocycles. The summed E-state index contributed by atoms with van der Waals surface area (Å²) in [5.74, 6) is 0.922. The maximum absolute atomic E-state index is 5.29. The molecular weight excluding hydrogens is 248 g/mol. The molecule has 4 rings (SSSR count). The zero-order valence-electron chi connectivity index (χ0n) is 11.8. The highest BCUT2D eigenvalue weighted by molar-refractivity contribution is 5.87. The zero-order chi connectivity index (χ0) is 13.5. The van der Waals surface area contributed by atoms with Gasteiger partial charge in [0, 0.05) is 30.9 Å². The smallest absolute Gasteiger partial charge is 0.119 e. The van der Waals surface area contributed by atoms with Gasteiger partial charge in [0.25, 0.3) is 0 Å². The molecule has 3 heteroatoms. The van der Waals surface area contributed by atoms with Crippen LogP contribution in [0.25, 0.3) is 10.8 Å². The first kappa shape index (κ1) is 12.0. The third-order valence-electron chi connectivity index (χ3n) is 4.61. The lowest BCUT2D eigenvalue weighted by molar-refractivity contribution is 0.415. The van der Waals surface area contributed by atoms with Crippen molar-refractivity contribution >= 4 is 16.5 Å². The highest BCUT2D eigenvalue weighted by Gasteiger charge is 2.32. The fourth-order valence-electron chi connectivity index (χ4n) is 3.54. The molecule has 2 unspecified atom stereocenters.